The molecular weight excluding hydrogens is 271 g/mol. The second-order valence-electron chi connectivity index (χ2n) is 4.39. The van der Waals surface area contributed by atoms with E-state index >= 15 is 0 Å². The molecule has 0 aliphatic carbocycles. The molecular formula is C13H20Cl2N2O. The van der Waals surface area contributed by atoms with Crippen molar-refractivity contribution >= 4 is 29.9 Å². The number of carbonyl (C=O) groups excluding carboxylic acids is 1. The van der Waals surface area contributed by atoms with Gasteiger partial charge in [0.25, 0.3) is 0 Å². The van der Waals surface area contributed by atoms with Crippen molar-refractivity contribution in [3.63, 3.8) is 0 Å². The number of halogens is 2. The quantitative estimate of drug-likeness (QED) is 0.906. The molecule has 0 bridgehead atoms. The molecule has 1 unspecified atom stereocenters. The monoisotopic (exact) mass is 290 g/mol. The molecule has 0 saturated heterocycles. The lowest BCUT2D eigenvalue weighted by Gasteiger charge is -2.17. The number of amides is 1. The maximum atomic E-state index is 11.8. The smallest absolute Gasteiger partial charge is 0.222 e. The minimum atomic E-state index is 0. The first-order valence-corrected chi connectivity index (χ1v) is 6.11. The third-order valence-corrected chi connectivity index (χ3v) is 2.82. The fourth-order valence-electron chi connectivity index (χ4n) is 1.49. The van der Waals surface area contributed by atoms with Crippen molar-refractivity contribution in [3.8, 4) is 0 Å². The van der Waals surface area contributed by atoms with Crippen LogP contribution in [0.3, 0.4) is 0 Å². The van der Waals surface area contributed by atoms with E-state index in [0.717, 1.165) is 12.0 Å². The average molecular weight is 291 g/mol. The summed E-state index contributed by atoms with van der Waals surface area (Å²) < 4.78 is 0. The van der Waals surface area contributed by atoms with Gasteiger partial charge in [0.15, 0.2) is 0 Å². The maximum Gasteiger partial charge on any atom is 0.222 e. The van der Waals surface area contributed by atoms with E-state index in [9.17, 15) is 4.79 Å². The van der Waals surface area contributed by atoms with Gasteiger partial charge >= 0.3 is 0 Å². The highest BCUT2D eigenvalue weighted by molar-refractivity contribution is 6.30. The first kappa shape index (κ1) is 17.2. The van der Waals surface area contributed by atoms with Gasteiger partial charge in [-0.15, -0.1) is 12.4 Å². The van der Waals surface area contributed by atoms with Crippen LogP contribution in [-0.2, 0) is 11.3 Å². The van der Waals surface area contributed by atoms with Gasteiger partial charge in [-0.3, -0.25) is 4.79 Å². The van der Waals surface area contributed by atoms with Crippen LogP contribution in [0.25, 0.3) is 0 Å². The lowest BCUT2D eigenvalue weighted by Crippen LogP contribution is -2.27. The van der Waals surface area contributed by atoms with Gasteiger partial charge in [-0.1, -0.05) is 23.7 Å². The van der Waals surface area contributed by atoms with Crippen molar-refractivity contribution in [2.45, 2.75) is 32.4 Å². The second-order valence-corrected chi connectivity index (χ2v) is 4.83. The van der Waals surface area contributed by atoms with Gasteiger partial charge in [-0.2, -0.15) is 0 Å². The van der Waals surface area contributed by atoms with E-state index in [4.69, 9.17) is 17.3 Å². The molecule has 5 heteroatoms. The van der Waals surface area contributed by atoms with Gasteiger partial charge in [0.2, 0.25) is 5.91 Å². The van der Waals surface area contributed by atoms with Gasteiger partial charge < -0.3 is 10.6 Å². The Morgan fingerprint density at radius 1 is 1.39 bits per heavy atom. The molecule has 0 radical (unpaired) electrons. The molecule has 18 heavy (non-hydrogen) atoms. The van der Waals surface area contributed by atoms with Crippen molar-refractivity contribution in [1.29, 1.82) is 0 Å². The van der Waals surface area contributed by atoms with Crippen molar-refractivity contribution in [3.05, 3.63) is 34.9 Å². The Kier molecular flexibility index (Phi) is 8.00. The summed E-state index contributed by atoms with van der Waals surface area (Å²) in [4.78, 5) is 13.5. The molecule has 1 rings (SSSR count). The van der Waals surface area contributed by atoms with Crippen LogP contribution in [0.4, 0.5) is 0 Å². The van der Waals surface area contributed by atoms with E-state index in [1.54, 1.807) is 11.9 Å². The zero-order valence-corrected chi connectivity index (χ0v) is 12.3. The van der Waals surface area contributed by atoms with Crippen LogP contribution in [0.15, 0.2) is 24.3 Å². The van der Waals surface area contributed by atoms with Crippen LogP contribution < -0.4 is 5.73 Å². The third kappa shape index (κ3) is 6.24. The van der Waals surface area contributed by atoms with Crippen LogP contribution in [0.1, 0.15) is 25.3 Å². The molecule has 102 valence electrons. The van der Waals surface area contributed by atoms with E-state index in [-0.39, 0.29) is 24.4 Å². The van der Waals surface area contributed by atoms with E-state index in [1.165, 1.54) is 0 Å². The highest BCUT2D eigenvalue weighted by Gasteiger charge is 2.09. The zero-order valence-electron chi connectivity index (χ0n) is 10.7. The topological polar surface area (TPSA) is 46.3 Å². The van der Waals surface area contributed by atoms with Gasteiger partial charge in [-0.25, -0.2) is 0 Å². The van der Waals surface area contributed by atoms with Crippen LogP contribution in [0.5, 0.6) is 0 Å². The summed E-state index contributed by atoms with van der Waals surface area (Å²) in [6, 6.07) is 7.59. The fourth-order valence-corrected chi connectivity index (χ4v) is 1.62. The maximum absolute atomic E-state index is 11.8. The Hall–Kier alpha value is -0.770. The number of hydrogen-bond acceptors (Lipinski definition) is 2. The first-order valence-electron chi connectivity index (χ1n) is 5.73. The van der Waals surface area contributed by atoms with Gasteiger partial charge in [0.05, 0.1) is 0 Å². The number of nitrogens with two attached hydrogens (primary N) is 1. The average Bonchev–Trinajstić information content (AvgIpc) is 2.28. The van der Waals surface area contributed by atoms with E-state index < -0.39 is 0 Å². The number of carbonyl (C=O) groups is 1. The van der Waals surface area contributed by atoms with Crippen molar-refractivity contribution in [2.24, 2.45) is 5.73 Å². The van der Waals surface area contributed by atoms with Gasteiger partial charge in [-0.05, 0) is 31.0 Å². The second kappa shape index (κ2) is 8.35. The Bertz CT molecular complexity index is 366. The molecule has 2 N–H and O–H groups in total. The summed E-state index contributed by atoms with van der Waals surface area (Å²) in [5.74, 6) is 0.122. The lowest BCUT2D eigenvalue weighted by molar-refractivity contribution is -0.130. The Morgan fingerprint density at radius 2 is 1.94 bits per heavy atom. The van der Waals surface area contributed by atoms with Crippen molar-refractivity contribution in [1.82, 2.24) is 4.90 Å². The minimum absolute atomic E-state index is 0. The molecule has 1 aromatic rings. The molecule has 0 fully saturated rings. The molecule has 0 aliphatic heterocycles. The number of nitrogens with zero attached hydrogens (tertiary/aromatic N) is 1. The molecule has 3 nitrogen and oxygen atoms in total. The summed E-state index contributed by atoms with van der Waals surface area (Å²) in [5, 5.41) is 0.708. The minimum Gasteiger partial charge on any atom is -0.341 e. The van der Waals surface area contributed by atoms with Crippen LogP contribution in [0, 0.1) is 0 Å². The van der Waals surface area contributed by atoms with Crippen molar-refractivity contribution in [2.75, 3.05) is 7.05 Å². The predicted octanol–water partition coefficient (Wildman–Crippen LogP) is 2.85. The lowest BCUT2D eigenvalue weighted by atomic mass is 10.1. The number of benzene rings is 1. The van der Waals surface area contributed by atoms with Crippen LogP contribution in [0.2, 0.25) is 5.02 Å². The third-order valence-electron chi connectivity index (χ3n) is 2.57. The largest absolute Gasteiger partial charge is 0.341 e. The summed E-state index contributed by atoms with van der Waals surface area (Å²) in [6.07, 6.45) is 1.23. The Labute approximate surface area is 120 Å². The standard InChI is InChI=1S/C13H19ClN2O.ClH/c1-10(15)3-8-13(17)16(2)9-11-4-6-12(14)7-5-11;/h4-7,10H,3,8-9,15H2,1-2H3;1H. The normalized spacial score (nSPS) is 11.6. The molecule has 0 heterocycles. The van der Waals surface area contributed by atoms with Gasteiger partial charge in [0.1, 0.15) is 0 Å². The Balaban J connectivity index is 0.00000289. The molecule has 0 aromatic heterocycles. The summed E-state index contributed by atoms with van der Waals surface area (Å²) in [5.41, 5.74) is 6.70. The predicted molar refractivity (Wildman–Crippen MR) is 78.1 cm³/mol. The highest BCUT2D eigenvalue weighted by Crippen LogP contribution is 2.11. The van der Waals surface area contributed by atoms with E-state index in [1.807, 2.05) is 31.2 Å². The van der Waals surface area contributed by atoms with Gasteiger partial charge in [0, 0.05) is 31.1 Å². The molecule has 0 spiro atoms. The summed E-state index contributed by atoms with van der Waals surface area (Å²) >= 11 is 5.80. The molecule has 1 atom stereocenters. The Morgan fingerprint density at radius 3 is 2.44 bits per heavy atom. The summed E-state index contributed by atoms with van der Waals surface area (Å²) in [6.45, 7) is 2.52. The van der Waals surface area contributed by atoms with E-state index in [2.05, 4.69) is 0 Å². The SMILES string of the molecule is CC(N)CCC(=O)N(C)Cc1ccc(Cl)cc1.Cl. The molecule has 0 aliphatic rings. The molecule has 1 aromatic carbocycles. The molecule has 1 amide bonds. The van der Waals surface area contributed by atoms with Crippen molar-refractivity contribution < 1.29 is 4.79 Å². The molecule has 0 saturated carbocycles. The summed E-state index contributed by atoms with van der Waals surface area (Å²) in [7, 11) is 1.80. The van der Waals surface area contributed by atoms with Crippen LogP contribution >= 0.6 is 24.0 Å². The zero-order chi connectivity index (χ0) is 12.8. The number of hydrogen-bond donors (Lipinski definition) is 1. The van der Waals surface area contributed by atoms with Crippen LogP contribution in [-0.4, -0.2) is 23.9 Å². The fraction of sp³-hybridized carbons (Fsp3) is 0.462. The highest BCUT2D eigenvalue weighted by atomic mass is 35.5. The van der Waals surface area contributed by atoms with E-state index in [0.29, 0.717) is 18.0 Å². The first-order chi connectivity index (χ1) is 7.99. The number of rotatable bonds is 5.